The van der Waals surface area contributed by atoms with Gasteiger partial charge in [0, 0.05) is 37.5 Å². The molecule has 1 fully saturated rings. The molecule has 0 spiro atoms. The molecule has 1 saturated heterocycles. The van der Waals surface area contributed by atoms with E-state index >= 15 is 0 Å². The van der Waals surface area contributed by atoms with Crippen LogP contribution in [0.3, 0.4) is 0 Å². The Balaban J connectivity index is 1.90. The van der Waals surface area contributed by atoms with Crippen molar-refractivity contribution >= 4 is 23.4 Å². The number of benzene rings is 1. The second-order valence-electron chi connectivity index (χ2n) is 6.78. The van der Waals surface area contributed by atoms with E-state index in [1.807, 2.05) is 0 Å². The average molecular weight is 381 g/mol. The van der Waals surface area contributed by atoms with Gasteiger partial charge in [-0.25, -0.2) is 0 Å². The molecule has 8 heteroatoms. The molecule has 146 valence electrons. The number of nitrogens with two attached hydrogens (primary N) is 1. The second-order valence-corrected chi connectivity index (χ2v) is 6.78. The van der Waals surface area contributed by atoms with Crippen molar-refractivity contribution in [3.8, 4) is 11.3 Å². The van der Waals surface area contributed by atoms with Crippen LogP contribution in [0.4, 0.5) is 5.69 Å². The fraction of sp³-hybridized carbons (Fsp3) is 0.300. The highest BCUT2D eigenvalue weighted by Gasteiger charge is 2.26. The first-order valence-corrected chi connectivity index (χ1v) is 9.07. The summed E-state index contributed by atoms with van der Waals surface area (Å²) in [5, 5.41) is 7.30. The number of amides is 3. The van der Waals surface area contributed by atoms with E-state index in [1.165, 1.54) is 13.0 Å². The lowest BCUT2D eigenvalue weighted by atomic mass is 10.1. The molecule has 0 aliphatic carbocycles. The van der Waals surface area contributed by atoms with Gasteiger partial charge in [-0.1, -0.05) is 18.7 Å². The summed E-state index contributed by atoms with van der Waals surface area (Å²) in [5.41, 5.74) is 7.73. The van der Waals surface area contributed by atoms with Crippen molar-refractivity contribution < 1.29 is 14.4 Å². The van der Waals surface area contributed by atoms with E-state index in [2.05, 4.69) is 17.0 Å². The molecule has 2 heterocycles. The maximum absolute atomic E-state index is 12.0. The Morgan fingerprint density at radius 2 is 2.00 bits per heavy atom. The van der Waals surface area contributed by atoms with E-state index in [-0.39, 0.29) is 17.9 Å². The van der Waals surface area contributed by atoms with Gasteiger partial charge in [-0.3, -0.25) is 19.1 Å². The molecule has 3 amide bonds. The summed E-state index contributed by atoms with van der Waals surface area (Å²) >= 11 is 0. The van der Waals surface area contributed by atoms with Crippen molar-refractivity contribution in [3.05, 3.63) is 48.7 Å². The van der Waals surface area contributed by atoms with Crippen molar-refractivity contribution in [1.82, 2.24) is 14.7 Å². The van der Waals surface area contributed by atoms with Crippen LogP contribution >= 0.6 is 0 Å². The number of carbonyl (C=O) groups excluding carboxylic acids is 3. The van der Waals surface area contributed by atoms with Gasteiger partial charge in [-0.2, -0.15) is 5.10 Å². The third-order valence-electron chi connectivity index (χ3n) is 4.73. The zero-order valence-corrected chi connectivity index (χ0v) is 15.7. The van der Waals surface area contributed by atoms with Gasteiger partial charge in [0.15, 0.2) is 0 Å². The number of nitrogens with zero attached hydrogens (tertiary/aromatic N) is 3. The van der Waals surface area contributed by atoms with Crippen molar-refractivity contribution in [3.63, 3.8) is 0 Å². The summed E-state index contributed by atoms with van der Waals surface area (Å²) in [6.45, 7) is 6.16. The topological polar surface area (TPSA) is 110 Å². The highest BCUT2D eigenvalue weighted by atomic mass is 16.2. The third kappa shape index (κ3) is 4.11. The first-order chi connectivity index (χ1) is 13.4. The third-order valence-corrected chi connectivity index (χ3v) is 4.73. The molecule has 0 bridgehead atoms. The van der Waals surface area contributed by atoms with Crippen LogP contribution in [0, 0.1) is 0 Å². The fourth-order valence-corrected chi connectivity index (χ4v) is 3.39. The van der Waals surface area contributed by atoms with E-state index < -0.39 is 5.91 Å². The van der Waals surface area contributed by atoms with E-state index in [9.17, 15) is 14.4 Å². The predicted octanol–water partition coefficient (Wildman–Crippen LogP) is 1.96. The van der Waals surface area contributed by atoms with Crippen LogP contribution in [0.5, 0.6) is 0 Å². The Morgan fingerprint density at radius 1 is 1.29 bits per heavy atom. The van der Waals surface area contributed by atoms with Crippen molar-refractivity contribution in [2.24, 2.45) is 5.73 Å². The minimum absolute atomic E-state index is 0.0387. The van der Waals surface area contributed by atoms with Gasteiger partial charge in [-0.05, 0) is 31.1 Å². The van der Waals surface area contributed by atoms with Gasteiger partial charge in [-0.15, -0.1) is 0 Å². The Kier molecular flexibility index (Phi) is 5.58. The van der Waals surface area contributed by atoms with Crippen LogP contribution in [-0.4, -0.2) is 45.5 Å². The SMILES string of the molecule is C=CC(=O)N1CCCC(n2cc(C(N)=O)c(-c3ccc(NC(C)=O)cc3)n2)C1. The summed E-state index contributed by atoms with van der Waals surface area (Å²) in [4.78, 5) is 36.8. The van der Waals surface area contributed by atoms with Gasteiger partial charge < -0.3 is 16.0 Å². The molecule has 28 heavy (non-hydrogen) atoms. The number of hydrogen-bond acceptors (Lipinski definition) is 4. The molecule has 3 rings (SSSR count). The Labute approximate surface area is 163 Å². The fourth-order valence-electron chi connectivity index (χ4n) is 3.39. The molecule has 1 aromatic heterocycles. The molecule has 0 saturated carbocycles. The minimum atomic E-state index is -0.568. The van der Waals surface area contributed by atoms with E-state index in [1.54, 1.807) is 40.0 Å². The molecule has 1 aliphatic rings. The molecule has 2 aromatic rings. The van der Waals surface area contributed by atoms with E-state index in [4.69, 9.17) is 5.73 Å². The molecule has 3 N–H and O–H groups in total. The average Bonchev–Trinajstić information content (AvgIpc) is 3.13. The van der Waals surface area contributed by atoms with Gasteiger partial charge in [0.1, 0.15) is 5.69 Å². The lowest BCUT2D eigenvalue weighted by molar-refractivity contribution is -0.127. The summed E-state index contributed by atoms with van der Waals surface area (Å²) < 4.78 is 1.72. The first-order valence-electron chi connectivity index (χ1n) is 9.07. The van der Waals surface area contributed by atoms with Crippen molar-refractivity contribution in [2.75, 3.05) is 18.4 Å². The summed E-state index contributed by atoms with van der Waals surface area (Å²) in [6, 6.07) is 7.00. The zero-order chi connectivity index (χ0) is 20.3. The molecule has 8 nitrogen and oxygen atoms in total. The van der Waals surface area contributed by atoms with Crippen molar-refractivity contribution in [1.29, 1.82) is 0 Å². The quantitative estimate of drug-likeness (QED) is 0.771. The highest BCUT2D eigenvalue weighted by molar-refractivity contribution is 5.99. The normalized spacial score (nSPS) is 16.5. The largest absolute Gasteiger partial charge is 0.365 e. The number of primary amides is 1. The van der Waals surface area contributed by atoms with Gasteiger partial charge in [0.25, 0.3) is 5.91 Å². The molecular formula is C20H23N5O3. The number of nitrogens with one attached hydrogen (secondary N) is 1. The van der Waals surface area contributed by atoms with Gasteiger partial charge in [0.05, 0.1) is 11.6 Å². The van der Waals surface area contributed by atoms with E-state index in [0.29, 0.717) is 30.0 Å². The smallest absolute Gasteiger partial charge is 0.252 e. The number of piperidine rings is 1. The number of rotatable bonds is 5. The minimum Gasteiger partial charge on any atom is -0.365 e. The van der Waals surface area contributed by atoms with Gasteiger partial charge in [0.2, 0.25) is 11.8 Å². The number of aromatic nitrogens is 2. The molecule has 1 unspecified atom stereocenters. The predicted molar refractivity (Wildman–Crippen MR) is 106 cm³/mol. The van der Waals surface area contributed by atoms with Crippen LogP contribution in [0.15, 0.2) is 43.1 Å². The molecule has 1 aliphatic heterocycles. The van der Waals surface area contributed by atoms with Crippen LogP contribution < -0.4 is 11.1 Å². The van der Waals surface area contributed by atoms with Crippen LogP contribution in [0.1, 0.15) is 36.2 Å². The van der Waals surface area contributed by atoms with E-state index in [0.717, 1.165) is 18.4 Å². The Morgan fingerprint density at radius 3 is 2.61 bits per heavy atom. The van der Waals surface area contributed by atoms with Crippen LogP contribution in [-0.2, 0) is 9.59 Å². The van der Waals surface area contributed by atoms with Crippen LogP contribution in [0.25, 0.3) is 11.3 Å². The first kappa shape index (κ1) is 19.3. The summed E-state index contributed by atoms with van der Waals surface area (Å²) in [5.74, 6) is -0.839. The molecule has 1 aromatic carbocycles. The number of hydrogen-bond donors (Lipinski definition) is 2. The van der Waals surface area contributed by atoms with Gasteiger partial charge >= 0.3 is 0 Å². The standard InChI is InChI=1S/C20H23N5O3/c1-3-18(27)24-10-4-5-16(11-24)25-12-17(20(21)28)19(23-25)14-6-8-15(9-7-14)22-13(2)26/h3,6-9,12,16H,1,4-5,10-11H2,2H3,(H2,21,28)(H,22,26). The Bertz CT molecular complexity index is 916. The summed E-state index contributed by atoms with van der Waals surface area (Å²) in [7, 11) is 0. The summed E-state index contributed by atoms with van der Waals surface area (Å²) in [6.07, 6.45) is 4.65. The lowest BCUT2D eigenvalue weighted by Crippen LogP contribution is -2.40. The zero-order valence-electron chi connectivity index (χ0n) is 15.7. The maximum atomic E-state index is 12.0. The van der Waals surface area contributed by atoms with Crippen LogP contribution in [0.2, 0.25) is 0 Å². The lowest BCUT2D eigenvalue weighted by Gasteiger charge is -2.32. The number of anilines is 1. The van der Waals surface area contributed by atoms with Crippen molar-refractivity contribution in [2.45, 2.75) is 25.8 Å². The maximum Gasteiger partial charge on any atom is 0.252 e. The highest BCUT2D eigenvalue weighted by Crippen LogP contribution is 2.28. The second kappa shape index (κ2) is 8.08. The Hall–Kier alpha value is -3.42. The monoisotopic (exact) mass is 381 g/mol. The number of likely N-dealkylation sites (tertiary alicyclic amines) is 1. The number of carbonyl (C=O) groups is 3. The molecule has 1 atom stereocenters. The molecular weight excluding hydrogens is 358 g/mol. The molecule has 0 radical (unpaired) electrons.